The van der Waals surface area contributed by atoms with Crippen molar-refractivity contribution in [3.8, 4) is 0 Å². The lowest BCUT2D eigenvalue weighted by atomic mass is 10.1. The number of benzene rings is 1. The average Bonchev–Trinajstić information content (AvgIpc) is 3.03. The highest BCUT2D eigenvalue weighted by Crippen LogP contribution is 2.17. The number of halogens is 1. The minimum absolute atomic E-state index is 0.0691. The molecule has 1 aliphatic heterocycles. The second-order valence-corrected chi connectivity index (χ2v) is 6.96. The second-order valence-electron chi connectivity index (χ2n) is 6.01. The molecule has 1 saturated heterocycles. The highest BCUT2D eigenvalue weighted by atomic mass is 32.1. The molecule has 25 heavy (non-hydrogen) atoms. The highest BCUT2D eigenvalue weighted by Gasteiger charge is 2.31. The predicted molar refractivity (Wildman–Crippen MR) is 93.8 cm³/mol. The number of piperazine rings is 1. The maximum Gasteiger partial charge on any atom is 0.242 e. The van der Waals surface area contributed by atoms with Crippen molar-refractivity contribution in [3.05, 3.63) is 51.7 Å². The minimum atomic E-state index is -0.390. The number of aromatic nitrogens is 1. The number of amides is 2. The molecular weight excluding hydrogens is 341 g/mol. The van der Waals surface area contributed by atoms with Gasteiger partial charge in [-0.3, -0.25) is 9.59 Å². The van der Waals surface area contributed by atoms with E-state index in [1.54, 1.807) is 17.0 Å². The van der Waals surface area contributed by atoms with Crippen molar-refractivity contribution in [1.82, 2.24) is 15.2 Å². The van der Waals surface area contributed by atoms with Gasteiger partial charge in [0.05, 0.1) is 17.1 Å². The van der Waals surface area contributed by atoms with E-state index >= 15 is 0 Å². The van der Waals surface area contributed by atoms with Crippen molar-refractivity contribution >= 4 is 23.2 Å². The first-order chi connectivity index (χ1) is 12.1. The molecule has 1 N–H and O–H groups in total. The summed E-state index contributed by atoms with van der Waals surface area (Å²) in [7, 11) is 0. The predicted octanol–water partition coefficient (Wildman–Crippen LogP) is 2.15. The summed E-state index contributed by atoms with van der Waals surface area (Å²) in [5.74, 6) is -0.414. The Balaban J connectivity index is 1.63. The van der Waals surface area contributed by atoms with Crippen LogP contribution in [0.15, 0.2) is 29.6 Å². The normalized spacial score (nSPS) is 17.4. The van der Waals surface area contributed by atoms with Crippen molar-refractivity contribution < 1.29 is 14.0 Å². The van der Waals surface area contributed by atoms with Crippen molar-refractivity contribution in [3.63, 3.8) is 0 Å². The summed E-state index contributed by atoms with van der Waals surface area (Å²) in [6.07, 6.45) is 1.41. The number of rotatable bonds is 5. The smallest absolute Gasteiger partial charge is 0.242 e. The van der Waals surface area contributed by atoms with E-state index in [-0.39, 0.29) is 24.1 Å². The van der Waals surface area contributed by atoms with E-state index in [9.17, 15) is 14.0 Å². The van der Waals surface area contributed by atoms with E-state index in [0.717, 1.165) is 10.6 Å². The first-order valence-electron chi connectivity index (χ1n) is 8.31. The summed E-state index contributed by atoms with van der Waals surface area (Å²) in [5, 5.41) is 5.56. The molecule has 3 rings (SSSR count). The molecule has 0 saturated carbocycles. The van der Waals surface area contributed by atoms with Gasteiger partial charge in [0, 0.05) is 24.9 Å². The largest absolute Gasteiger partial charge is 0.353 e. The number of thiazole rings is 1. The van der Waals surface area contributed by atoms with Crippen LogP contribution in [0.25, 0.3) is 0 Å². The molecule has 0 spiro atoms. The zero-order chi connectivity index (χ0) is 17.8. The van der Waals surface area contributed by atoms with Crippen LogP contribution in [0.1, 0.15) is 29.6 Å². The maximum atomic E-state index is 13.0. The van der Waals surface area contributed by atoms with Gasteiger partial charge in [0.2, 0.25) is 11.8 Å². The number of nitrogens with zero attached hydrogens (tertiary/aromatic N) is 2. The summed E-state index contributed by atoms with van der Waals surface area (Å²) in [4.78, 5) is 30.6. The molecular formula is C18H20FN3O2S. The van der Waals surface area contributed by atoms with Crippen LogP contribution in [0.5, 0.6) is 0 Å². The number of carbonyl (C=O) groups excluding carboxylic acids is 2. The van der Waals surface area contributed by atoms with Crippen molar-refractivity contribution in [2.24, 2.45) is 0 Å². The number of nitrogens with one attached hydrogen (secondary N) is 1. The molecule has 1 aromatic carbocycles. The summed E-state index contributed by atoms with van der Waals surface area (Å²) in [5.41, 5.74) is 1.69. The maximum absolute atomic E-state index is 13.0. The van der Waals surface area contributed by atoms with Crippen LogP contribution >= 0.6 is 11.3 Å². The third-order valence-electron chi connectivity index (χ3n) is 4.24. The third kappa shape index (κ3) is 4.22. The van der Waals surface area contributed by atoms with Gasteiger partial charge >= 0.3 is 0 Å². The molecule has 5 nitrogen and oxygen atoms in total. The molecule has 1 aromatic heterocycles. The quantitative estimate of drug-likeness (QED) is 0.888. The van der Waals surface area contributed by atoms with Crippen LogP contribution in [0.4, 0.5) is 4.39 Å². The molecule has 2 amide bonds. The van der Waals surface area contributed by atoms with Crippen LogP contribution in [-0.4, -0.2) is 40.8 Å². The zero-order valence-electron chi connectivity index (χ0n) is 14.0. The zero-order valence-corrected chi connectivity index (χ0v) is 14.8. The van der Waals surface area contributed by atoms with Crippen LogP contribution < -0.4 is 5.32 Å². The van der Waals surface area contributed by atoms with Gasteiger partial charge in [-0.25, -0.2) is 9.37 Å². The summed E-state index contributed by atoms with van der Waals surface area (Å²) >= 11 is 1.49. The van der Waals surface area contributed by atoms with Gasteiger partial charge in [-0.15, -0.1) is 11.3 Å². The third-order valence-corrected chi connectivity index (χ3v) is 5.14. The summed E-state index contributed by atoms with van der Waals surface area (Å²) < 4.78 is 13.0. The van der Waals surface area contributed by atoms with E-state index in [1.165, 1.54) is 23.5 Å². The molecule has 0 radical (unpaired) electrons. The lowest BCUT2D eigenvalue weighted by Gasteiger charge is -2.34. The Bertz CT molecular complexity index is 760. The first kappa shape index (κ1) is 17.5. The van der Waals surface area contributed by atoms with Crippen molar-refractivity contribution in [2.45, 2.75) is 32.2 Å². The Morgan fingerprint density at radius 2 is 2.16 bits per heavy atom. The van der Waals surface area contributed by atoms with Gasteiger partial charge < -0.3 is 10.2 Å². The van der Waals surface area contributed by atoms with Gasteiger partial charge in [-0.05, 0) is 24.1 Å². The first-order valence-corrected chi connectivity index (χ1v) is 9.19. The Hall–Kier alpha value is -2.28. The summed E-state index contributed by atoms with van der Waals surface area (Å²) in [6, 6.07) is 5.94. The fraction of sp³-hybridized carbons (Fsp3) is 0.389. The lowest BCUT2D eigenvalue weighted by Crippen LogP contribution is -2.57. The van der Waals surface area contributed by atoms with Gasteiger partial charge in [-0.2, -0.15) is 0 Å². The van der Waals surface area contributed by atoms with Gasteiger partial charge in [0.1, 0.15) is 11.9 Å². The van der Waals surface area contributed by atoms with E-state index in [0.29, 0.717) is 31.6 Å². The minimum Gasteiger partial charge on any atom is -0.353 e. The highest BCUT2D eigenvalue weighted by molar-refractivity contribution is 7.09. The summed E-state index contributed by atoms with van der Waals surface area (Å²) in [6.45, 7) is 2.93. The van der Waals surface area contributed by atoms with Crippen LogP contribution in [0.2, 0.25) is 0 Å². The standard InChI is InChI=1S/C18H20FN3O2S/c1-2-15-18(24)20-7-8-22(15)17(23)10-14-11-25-16(21-14)9-12-3-5-13(19)6-4-12/h3-6,11,15H,2,7-10H2,1H3,(H,20,24)/t15-/m0/s1. The lowest BCUT2D eigenvalue weighted by molar-refractivity contribution is -0.142. The average molecular weight is 361 g/mol. The number of carbonyl (C=O) groups is 2. The monoisotopic (exact) mass is 361 g/mol. The van der Waals surface area contributed by atoms with E-state index in [4.69, 9.17) is 0 Å². The van der Waals surface area contributed by atoms with E-state index in [1.807, 2.05) is 12.3 Å². The van der Waals surface area contributed by atoms with Gasteiger partial charge in [-0.1, -0.05) is 19.1 Å². The van der Waals surface area contributed by atoms with Crippen LogP contribution in [-0.2, 0) is 22.4 Å². The van der Waals surface area contributed by atoms with Crippen molar-refractivity contribution in [2.75, 3.05) is 13.1 Å². The Labute approximate surface area is 149 Å². The Morgan fingerprint density at radius 1 is 1.40 bits per heavy atom. The molecule has 2 heterocycles. The molecule has 2 aromatic rings. The van der Waals surface area contributed by atoms with Crippen molar-refractivity contribution in [1.29, 1.82) is 0 Å². The molecule has 1 atom stereocenters. The van der Waals surface area contributed by atoms with E-state index < -0.39 is 6.04 Å². The second kappa shape index (κ2) is 7.74. The Kier molecular flexibility index (Phi) is 5.43. The molecule has 0 aliphatic carbocycles. The number of hydrogen-bond donors (Lipinski definition) is 1. The molecule has 1 aliphatic rings. The fourth-order valence-corrected chi connectivity index (χ4v) is 3.79. The molecule has 1 fully saturated rings. The molecule has 0 bridgehead atoms. The number of hydrogen-bond acceptors (Lipinski definition) is 4. The van der Waals surface area contributed by atoms with Gasteiger partial charge in [0.25, 0.3) is 0 Å². The van der Waals surface area contributed by atoms with Crippen LogP contribution in [0, 0.1) is 5.82 Å². The van der Waals surface area contributed by atoms with E-state index in [2.05, 4.69) is 10.3 Å². The molecule has 0 unspecified atom stereocenters. The molecule has 132 valence electrons. The topological polar surface area (TPSA) is 62.3 Å². The SMILES string of the molecule is CC[C@H]1C(=O)NCCN1C(=O)Cc1csc(Cc2ccc(F)cc2)n1. The Morgan fingerprint density at radius 3 is 2.88 bits per heavy atom. The fourth-order valence-electron chi connectivity index (χ4n) is 2.96. The van der Waals surface area contributed by atoms with Crippen LogP contribution in [0.3, 0.4) is 0 Å². The van der Waals surface area contributed by atoms with Gasteiger partial charge in [0.15, 0.2) is 0 Å². The molecule has 7 heteroatoms.